The van der Waals surface area contributed by atoms with Crippen LogP contribution in [0.5, 0.6) is 0 Å². The third-order valence-corrected chi connectivity index (χ3v) is 5.76. The second-order valence-electron chi connectivity index (χ2n) is 7.31. The van der Waals surface area contributed by atoms with Crippen LogP contribution in [0.15, 0.2) is 58.5 Å². The smallest absolute Gasteiger partial charge is 0.262 e. The molecule has 0 unspecified atom stereocenters. The fourth-order valence-electron chi connectivity index (χ4n) is 3.09. The van der Waals surface area contributed by atoms with E-state index in [0.717, 1.165) is 13.0 Å². The molecule has 0 saturated carbocycles. The van der Waals surface area contributed by atoms with Gasteiger partial charge in [-0.25, -0.2) is 9.37 Å². The number of carbonyl (C=O) groups excluding carboxylic acids is 1. The molecule has 1 heterocycles. The van der Waals surface area contributed by atoms with Crippen molar-refractivity contribution < 1.29 is 14.1 Å². The predicted molar refractivity (Wildman–Crippen MR) is 114 cm³/mol. The van der Waals surface area contributed by atoms with E-state index < -0.39 is 5.25 Å². The quantitative estimate of drug-likeness (QED) is 0.349. The zero-order valence-electron chi connectivity index (χ0n) is 16.8. The average Bonchev–Trinajstić information content (AvgIpc) is 2.70. The third kappa shape index (κ3) is 5.10. The summed E-state index contributed by atoms with van der Waals surface area (Å²) in [6.45, 7) is 3.25. The van der Waals surface area contributed by atoms with Crippen molar-refractivity contribution >= 4 is 28.4 Å². The summed E-state index contributed by atoms with van der Waals surface area (Å²) in [5, 5.41) is 0.649. The van der Waals surface area contributed by atoms with Crippen molar-refractivity contribution in [2.75, 3.05) is 20.6 Å². The van der Waals surface area contributed by atoms with Crippen molar-refractivity contribution in [1.82, 2.24) is 9.55 Å². The first-order chi connectivity index (χ1) is 13.9. The molecule has 0 saturated heterocycles. The van der Waals surface area contributed by atoms with Gasteiger partial charge in [0.2, 0.25) is 0 Å². The van der Waals surface area contributed by atoms with Crippen LogP contribution in [0, 0.1) is 5.82 Å². The number of nitrogens with zero attached hydrogens (tertiary/aromatic N) is 2. The molecule has 3 rings (SSSR count). The van der Waals surface area contributed by atoms with E-state index in [9.17, 15) is 14.0 Å². The van der Waals surface area contributed by atoms with Gasteiger partial charge in [-0.15, -0.1) is 0 Å². The second kappa shape index (κ2) is 9.33. The Morgan fingerprint density at radius 2 is 1.86 bits per heavy atom. The molecule has 1 aromatic heterocycles. The standard InChI is InChI=1S/C22H24FN3O2S/c1-15(20(27)16-9-11-17(23)12-10-16)29-22-24-19-8-5-4-7-18(19)21(28)26(22)14-6-13-25(2)3/h4-5,7-12,15H,6,13-14H2,1-3H3/p+1/t15-/m0/s1. The number of fused-ring (bicyclic) bond motifs is 1. The van der Waals surface area contributed by atoms with Crippen LogP contribution in [0.3, 0.4) is 0 Å². The molecule has 1 N–H and O–H groups in total. The Morgan fingerprint density at radius 3 is 2.55 bits per heavy atom. The Kier molecular flexibility index (Phi) is 6.82. The minimum Gasteiger partial charge on any atom is -0.340 e. The predicted octanol–water partition coefficient (Wildman–Crippen LogP) is 2.43. The maximum atomic E-state index is 13.2. The molecule has 152 valence electrons. The summed E-state index contributed by atoms with van der Waals surface area (Å²) < 4.78 is 14.8. The molecule has 0 radical (unpaired) electrons. The van der Waals surface area contributed by atoms with Gasteiger partial charge in [-0.1, -0.05) is 23.9 Å². The number of hydrogen-bond acceptors (Lipinski definition) is 4. The topological polar surface area (TPSA) is 56.4 Å². The Labute approximate surface area is 173 Å². The molecule has 7 heteroatoms. The summed E-state index contributed by atoms with van der Waals surface area (Å²) in [6, 6.07) is 12.8. The molecule has 0 spiro atoms. The first-order valence-electron chi connectivity index (χ1n) is 9.62. The van der Waals surface area contributed by atoms with Crippen LogP contribution in [-0.2, 0) is 6.54 Å². The molecule has 5 nitrogen and oxygen atoms in total. The van der Waals surface area contributed by atoms with Crippen LogP contribution in [0.4, 0.5) is 4.39 Å². The number of rotatable bonds is 8. The highest BCUT2D eigenvalue weighted by atomic mass is 32.2. The maximum Gasteiger partial charge on any atom is 0.262 e. The number of hydrogen-bond donors (Lipinski definition) is 1. The van der Waals surface area contributed by atoms with Gasteiger partial charge in [0.05, 0.1) is 36.8 Å². The van der Waals surface area contributed by atoms with Gasteiger partial charge in [-0.05, 0) is 43.3 Å². The number of quaternary nitrogens is 1. The van der Waals surface area contributed by atoms with Gasteiger partial charge >= 0.3 is 0 Å². The number of para-hydroxylation sites is 1. The lowest BCUT2D eigenvalue weighted by Gasteiger charge is -2.16. The zero-order valence-corrected chi connectivity index (χ0v) is 17.6. The van der Waals surface area contributed by atoms with Crippen molar-refractivity contribution in [3.8, 4) is 0 Å². The van der Waals surface area contributed by atoms with E-state index in [1.807, 2.05) is 18.2 Å². The Hall–Kier alpha value is -2.51. The highest BCUT2D eigenvalue weighted by Crippen LogP contribution is 2.25. The first kappa shape index (κ1) is 21.2. The van der Waals surface area contributed by atoms with E-state index in [4.69, 9.17) is 0 Å². The van der Waals surface area contributed by atoms with Gasteiger partial charge in [0.15, 0.2) is 10.9 Å². The Bertz CT molecular complexity index is 1060. The molecule has 0 amide bonds. The van der Waals surface area contributed by atoms with Crippen LogP contribution in [0.25, 0.3) is 10.9 Å². The van der Waals surface area contributed by atoms with Gasteiger partial charge < -0.3 is 4.90 Å². The first-order valence-corrected chi connectivity index (χ1v) is 10.5. The largest absolute Gasteiger partial charge is 0.340 e. The minimum absolute atomic E-state index is 0.0895. The van der Waals surface area contributed by atoms with Crippen molar-refractivity contribution in [2.24, 2.45) is 0 Å². The molecule has 0 aliphatic rings. The Morgan fingerprint density at radius 1 is 1.17 bits per heavy atom. The van der Waals surface area contributed by atoms with Gasteiger partial charge in [0.25, 0.3) is 5.56 Å². The number of aromatic nitrogens is 2. The van der Waals surface area contributed by atoms with E-state index >= 15 is 0 Å². The Balaban J connectivity index is 1.92. The number of ketones is 1. The van der Waals surface area contributed by atoms with Gasteiger partial charge in [-0.2, -0.15) is 0 Å². The zero-order chi connectivity index (χ0) is 21.0. The van der Waals surface area contributed by atoms with Gasteiger partial charge in [0.1, 0.15) is 5.82 Å². The van der Waals surface area contributed by atoms with Crippen LogP contribution in [0.2, 0.25) is 0 Å². The molecule has 2 aromatic carbocycles. The fourth-order valence-corrected chi connectivity index (χ4v) is 4.10. The monoisotopic (exact) mass is 414 g/mol. The molecule has 0 aliphatic carbocycles. The fraction of sp³-hybridized carbons (Fsp3) is 0.318. The number of nitrogens with one attached hydrogen (secondary N) is 1. The summed E-state index contributed by atoms with van der Waals surface area (Å²) >= 11 is 1.27. The molecule has 0 bridgehead atoms. The van der Waals surface area contributed by atoms with E-state index in [0.29, 0.717) is 28.2 Å². The van der Waals surface area contributed by atoms with Crippen molar-refractivity contribution in [2.45, 2.75) is 30.3 Å². The third-order valence-electron chi connectivity index (χ3n) is 4.67. The normalized spacial score (nSPS) is 12.4. The summed E-state index contributed by atoms with van der Waals surface area (Å²) in [5.41, 5.74) is 0.974. The number of thioether (sulfide) groups is 1. The molecule has 0 fully saturated rings. The van der Waals surface area contributed by atoms with Crippen molar-refractivity contribution in [3.05, 3.63) is 70.3 Å². The summed E-state index contributed by atoms with van der Waals surface area (Å²) in [7, 11) is 4.14. The van der Waals surface area contributed by atoms with Gasteiger partial charge in [-0.3, -0.25) is 14.2 Å². The second-order valence-corrected chi connectivity index (χ2v) is 8.62. The molecule has 29 heavy (non-hydrogen) atoms. The SMILES string of the molecule is C[C@H](Sc1nc2ccccc2c(=O)n1CCC[NH+](C)C)C(=O)c1ccc(F)cc1. The van der Waals surface area contributed by atoms with Crippen molar-refractivity contribution in [3.63, 3.8) is 0 Å². The number of halogens is 1. The molecular weight excluding hydrogens is 389 g/mol. The van der Waals surface area contributed by atoms with Crippen LogP contribution >= 0.6 is 11.8 Å². The molecule has 1 atom stereocenters. The highest BCUT2D eigenvalue weighted by Gasteiger charge is 2.20. The van der Waals surface area contributed by atoms with E-state index in [1.165, 1.54) is 40.9 Å². The average molecular weight is 415 g/mol. The van der Waals surface area contributed by atoms with Crippen LogP contribution < -0.4 is 10.5 Å². The van der Waals surface area contributed by atoms with Crippen LogP contribution in [0.1, 0.15) is 23.7 Å². The van der Waals surface area contributed by atoms with Crippen molar-refractivity contribution in [1.29, 1.82) is 0 Å². The molecular formula is C22H25FN3O2S+. The van der Waals surface area contributed by atoms with E-state index in [-0.39, 0.29) is 17.2 Å². The summed E-state index contributed by atoms with van der Waals surface area (Å²) in [5.74, 6) is -0.503. The van der Waals surface area contributed by atoms with E-state index in [2.05, 4.69) is 19.1 Å². The van der Waals surface area contributed by atoms with Crippen LogP contribution in [-0.4, -0.2) is 41.2 Å². The summed E-state index contributed by atoms with van der Waals surface area (Å²) in [4.78, 5) is 31.8. The number of benzene rings is 2. The highest BCUT2D eigenvalue weighted by molar-refractivity contribution is 8.00. The minimum atomic E-state index is -0.459. The number of Topliss-reactive ketones (excluding diaryl/α,β-unsaturated/α-hetero) is 1. The lowest BCUT2D eigenvalue weighted by molar-refractivity contribution is -0.858. The molecule has 0 aliphatic heterocycles. The maximum absolute atomic E-state index is 13.2. The number of carbonyl (C=O) groups is 1. The summed E-state index contributed by atoms with van der Waals surface area (Å²) in [6.07, 6.45) is 0.829. The van der Waals surface area contributed by atoms with Gasteiger partial charge in [0, 0.05) is 18.5 Å². The lowest BCUT2D eigenvalue weighted by atomic mass is 10.1. The lowest BCUT2D eigenvalue weighted by Crippen LogP contribution is -3.05. The van der Waals surface area contributed by atoms with E-state index in [1.54, 1.807) is 17.6 Å². The molecule has 3 aromatic rings.